The SMILES string of the molecule is NC1CC(C2CCCC(Cl)C2)NC2CNCCC12. The lowest BCUT2D eigenvalue weighted by Crippen LogP contribution is -2.64. The maximum atomic E-state index is 6.42. The van der Waals surface area contributed by atoms with Gasteiger partial charge in [0.2, 0.25) is 0 Å². The van der Waals surface area contributed by atoms with Gasteiger partial charge in [-0.2, -0.15) is 0 Å². The number of hydrogen-bond donors (Lipinski definition) is 3. The highest BCUT2D eigenvalue weighted by molar-refractivity contribution is 6.20. The van der Waals surface area contributed by atoms with Crippen molar-refractivity contribution >= 4 is 11.6 Å². The zero-order valence-electron chi connectivity index (χ0n) is 11.1. The molecular weight excluding hydrogens is 246 g/mol. The molecule has 0 bridgehead atoms. The van der Waals surface area contributed by atoms with Crippen LogP contribution in [0.15, 0.2) is 0 Å². The number of hydrogen-bond acceptors (Lipinski definition) is 3. The standard InChI is InChI=1S/C14H26ClN3/c15-10-3-1-2-9(6-10)13-7-12(16)11-4-5-17-8-14(11)18-13/h9-14,17-18H,1-8,16H2. The van der Waals surface area contributed by atoms with Gasteiger partial charge in [0.05, 0.1) is 0 Å². The molecule has 2 heterocycles. The van der Waals surface area contributed by atoms with E-state index in [9.17, 15) is 0 Å². The molecule has 6 atom stereocenters. The molecule has 3 fully saturated rings. The molecular formula is C14H26ClN3. The highest BCUT2D eigenvalue weighted by Crippen LogP contribution is 2.35. The van der Waals surface area contributed by atoms with Crippen molar-refractivity contribution in [3.63, 3.8) is 0 Å². The molecule has 2 saturated heterocycles. The van der Waals surface area contributed by atoms with E-state index in [2.05, 4.69) is 10.6 Å². The van der Waals surface area contributed by atoms with Crippen LogP contribution in [0.4, 0.5) is 0 Å². The molecule has 104 valence electrons. The first kappa shape index (κ1) is 13.2. The van der Waals surface area contributed by atoms with Gasteiger partial charge in [-0.25, -0.2) is 0 Å². The van der Waals surface area contributed by atoms with Gasteiger partial charge in [0.1, 0.15) is 0 Å². The molecule has 0 spiro atoms. The van der Waals surface area contributed by atoms with E-state index in [0.29, 0.717) is 29.4 Å². The molecule has 0 radical (unpaired) electrons. The fraction of sp³-hybridized carbons (Fsp3) is 1.00. The minimum atomic E-state index is 0.388. The van der Waals surface area contributed by atoms with E-state index in [4.69, 9.17) is 17.3 Å². The second-order valence-corrected chi connectivity index (χ2v) is 7.08. The quantitative estimate of drug-likeness (QED) is 0.633. The summed E-state index contributed by atoms with van der Waals surface area (Å²) in [6.07, 6.45) is 7.38. The Labute approximate surface area is 115 Å². The van der Waals surface area contributed by atoms with Crippen molar-refractivity contribution in [1.82, 2.24) is 10.6 Å². The van der Waals surface area contributed by atoms with Crippen LogP contribution in [-0.4, -0.2) is 36.6 Å². The van der Waals surface area contributed by atoms with Crippen molar-refractivity contribution in [2.75, 3.05) is 13.1 Å². The molecule has 3 aliphatic rings. The molecule has 3 rings (SSSR count). The molecule has 6 unspecified atom stereocenters. The van der Waals surface area contributed by atoms with E-state index >= 15 is 0 Å². The first-order chi connectivity index (χ1) is 8.74. The van der Waals surface area contributed by atoms with E-state index in [1.807, 2.05) is 0 Å². The molecule has 2 aliphatic heterocycles. The average molecular weight is 272 g/mol. The molecule has 4 heteroatoms. The summed E-state index contributed by atoms with van der Waals surface area (Å²) in [6, 6.07) is 1.57. The lowest BCUT2D eigenvalue weighted by Gasteiger charge is -2.47. The number of piperidine rings is 2. The van der Waals surface area contributed by atoms with Crippen molar-refractivity contribution in [2.45, 2.75) is 62.0 Å². The highest BCUT2D eigenvalue weighted by atomic mass is 35.5. The fourth-order valence-corrected chi connectivity index (χ4v) is 4.63. The minimum absolute atomic E-state index is 0.388. The summed E-state index contributed by atoms with van der Waals surface area (Å²) in [5.41, 5.74) is 6.42. The second-order valence-electron chi connectivity index (χ2n) is 6.46. The summed E-state index contributed by atoms with van der Waals surface area (Å²) in [7, 11) is 0. The molecule has 0 aromatic heterocycles. The molecule has 0 aromatic carbocycles. The first-order valence-corrected chi connectivity index (χ1v) is 8.04. The topological polar surface area (TPSA) is 50.1 Å². The smallest absolute Gasteiger partial charge is 0.0339 e. The van der Waals surface area contributed by atoms with E-state index in [1.165, 1.54) is 32.1 Å². The summed E-state index contributed by atoms with van der Waals surface area (Å²) in [4.78, 5) is 0. The van der Waals surface area contributed by atoms with Crippen LogP contribution < -0.4 is 16.4 Å². The Morgan fingerprint density at radius 3 is 2.78 bits per heavy atom. The monoisotopic (exact) mass is 271 g/mol. The third-order valence-corrected chi connectivity index (χ3v) is 5.66. The van der Waals surface area contributed by atoms with Crippen molar-refractivity contribution in [1.29, 1.82) is 0 Å². The largest absolute Gasteiger partial charge is 0.327 e. The van der Waals surface area contributed by atoms with Crippen LogP contribution in [0, 0.1) is 11.8 Å². The molecule has 0 aromatic rings. The number of rotatable bonds is 1. The van der Waals surface area contributed by atoms with Gasteiger partial charge in [0.25, 0.3) is 0 Å². The lowest BCUT2D eigenvalue weighted by molar-refractivity contribution is 0.120. The highest BCUT2D eigenvalue weighted by Gasteiger charge is 2.40. The number of nitrogens with one attached hydrogen (secondary N) is 2. The van der Waals surface area contributed by atoms with Crippen LogP contribution in [0.1, 0.15) is 38.5 Å². The average Bonchev–Trinajstić information content (AvgIpc) is 2.39. The van der Waals surface area contributed by atoms with Crippen LogP contribution in [0.5, 0.6) is 0 Å². The Bertz CT molecular complexity index is 286. The molecule has 1 saturated carbocycles. The van der Waals surface area contributed by atoms with Crippen LogP contribution >= 0.6 is 11.6 Å². The normalized spacial score (nSPS) is 49.7. The van der Waals surface area contributed by atoms with Crippen LogP contribution in [0.25, 0.3) is 0 Å². The van der Waals surface area contributed by atoms with Crippen molar-refractivity contribution in [3.8, 4) is 0 Å². The summed E-state index contributed by atoms with van der Waals surface area (Å²) in [6.45, 7) is 2.22. The molecule has 18 heavy (non-hydrogen) atoms. The summed E-state index contributed by atoms with van der Waals surface area (Å²) in [5.74, 6) is 1.42. The predicted octanol–water partition coefficient (Wildman–Crippen LogP) is 1.45. The van der Waals surface area contributed by atoms with Crippen molar-refractivity contribution in [2.24, 2.45) is 17.6 Å². The Balaban J connectivity index is 1.63. The fourth-order valence-electron chi connectivity index (χ4n) is 4.24. The van der Waals surface area contributed by atoms with Gasteiger partial charge < -0.3 is 16.4 Å². The number of halogens is 1. The van der Waals surface area contributed by atoms with Crippen LogP contribution in [0.2, 0.25) is 0 Å². The molecule has 0 amide bonds. The first-order valence-electron chi connectivity index (χ1n) is 7.60. The number of alkyl halides is 1. The van der Waals surface area contributed by atoms with Gasteiger partial charge in [0, 0.05) is 30.0 Å². The molecule has 3 nitrogen and oxygen atoms in total. The zero-order valence-corrected chi connectivity index (χ0v) is 11.8. The van der Waals surface area contributed by atoms with Gasteiger partial charge in [-0.05, 0) is 50.5 Å². The van der Waals surface area contributed by atoms with Crippen LogP contribution in [0.3, 0.4) is 0 Å². The molecule has 1 aliphatic carbocycles. The van der Waals surface area contributed by atoms with E-state index < -0.39 is 0 Å². The van der Waals surface area contributed by atoms with Gasteiger partial charge in [-0.1, -0.05) is 6.42 Å². The predicted molar refractivity (Wildman–Crippen MR) is 75.9 cm³/mol. The maximum Gasteiger partial charge on any atom is 0.0339 e. The van der Waals surface area contributed by atoms with Crippen molar-refractivity contribution in [3.05, 3.63) is 0 Å². The van der Waals surface area contributed by atoms with E-state index in [-0.39, 0.29) is 0 Å². The summed E-state index contributed by atoms with van der Waals surface area (Å²) >= 11 is 6.33. The van der Waals surface area contributed by atoms with Crippen molar-refractivity contribution < 1.29 is 0 Å². The van der Waals surface area contributed by atoms with Gasteiger partial charge >= 0.3 is 0 Å². The van der Waals surface area contributed by atoms with Gasteiger partial charge in [0.15, 0.2) is 0 Å². The maximum absolute atomic E-state index is 6.42. The van der Waals surface area contributed by atoms with Crippen LogP contribution in [-0.2, 0) is 0 Å². The summed E-state index contributed by atoms with van der Waals surface area (Å²) in [5, 5.41) is 7.76. The number of nitrogens with two attached hydrogens (primary N) is 1. The second kappa shape index (κ2) is 5.66. The third-order valence-electron chi connectivity index (χ3n) is 5.26. The Hall–Kier alpha value is 0.170. The zero-order chi connectivity index (χ0) is 12.5. The Kier molecular flexibility index (Phi) is 4.14. The van der Waals surface area contributed by atoms with Gasteiger partial charge in [-0.15, -0.1) is 11.6 Å². The van der Waals surface area contributed by atoms with E-state index in [1.54, 1.807) is 0 Å². The van der Waals surface area contributed by atoms with E-state index in [0.717, 1.165) is 25.4 Å². The Morgan fingerprint density at radius 1 is 1.06 bits per heavy atom. The third kappa shape index (κ3) is 2.69. The molecule has 4 N–H and O–H groups in total. The number of fused-ring (bicyclic) bond motifs is 1. The summed E-state index contributed by atoms with van der Waals surface area (Å²) < 4.78 is 0. The Morgan fingerprint density at radius 2 is 1.94 bits per heavy atom. The minimum Gasteiger partial charge on any atom is -0.327 e. The lowest BCUT2D eigenvalue weighted by atomic mass is 9.73. The van der Waals surface area contributed by atoms with Gasteiger partial charge in [-0.3, -0.25) is 0 Å².